The van der Waals surface area contributed by atoms with E-state index in [4.69, 9.17) is 0 Å². The fraction of sp³-hybridized carbons (Fsp3) is 0.200. The van der Waals surface area contributed by atoms with Gasteiger partial charge in [-0.25, -0.2) is 0 Å². The summed E-state index contributed by atoms with van der Waals surface area (Å²) >= 11 is 3.03. The molecular weight excluding hydrogens is 289 g/mol. The summed E-state index contributed by atoms with van der Waals surface area (Å²) in [5, 5.41) is 9.40. The number of aliphatic hydroxyl groups is 1. The van der Waals surface area contributed by atoms with E-state index in [1.165, 1.54) is 12.1 Å². The Morgan fingerprint density at radius 2 is 2.00 bits per heavy atom. The van der Waals surface area contributed by atoms with E-state index in [9.17, 15) is 18.3 Å². The fourth-order valence-corrected chi connectivity index (χ4v) is 1.57. The van der Waals surface area contributed by atoms with Crippen molar-refractivity contribution in [3.8, 4) is 5.75 Å². The summed E-state index contributed by atoms with van der Waals surface area (Å²) in [6.07, 6.45) is -4.58. The molecule has 0 aliphatic heterocycles. The van der Waals surface area contributed by atoms with Crippen LogP contribution in [0, 0.1) is 0 Å². The molecule has 0 fully saturated rings. The lowest BCUT2D eigenvalue weighted by Crippen LogP contribution is -2.17. The van der Waals surface area contributed by atoms with Gasteiger partial charge in [0.05, 0.1) is 6.10 Å². The molecule has 0 radical (unpaired) electrons. The highest BCUT2D eigenvalue weighted by Gasteiger charge is 2.31. The summed E-state index contributed by atoms with van der Waals surface area (Å²) in [5.41, 5.74) is 0.267. The van der Waals surface area contributed by atoms with Crippen LogP contribution < -0.4 is 4.74 Å². The molecule has 2 nitrogen and oxygen atoms in total. The maximum atomic E-state index is 12.0. The standard InChI is InChI=1S/C10H8BrF3O2/c1-2-9(15)6-3-7(11)5-8(4-6)16-10(12,13)14/h2-5,9,15H,1H2. The molecule has 0 aliphatic rings. The Morgan fingerprint density at radius 3 is 2.50 bits per heavy atom. The molecule has 0 aliphatic carbocycles. The molecule has 16 heavy (non-hydrogen) atoms. The van der Waals surface area contributed by atoms with Crippen LogP contribution in [-0.2, 0) is 0 Å². The number of hydrogen-bond acceptors (Lipinski definition) is 2. The van der Waals surface area contributed by atoms with Crippen molar-refractivity contribution < 1.29 is 23.0 Å². The number of aliphatic hydroxyl groups excluding tert-OH is 1. The lowest BCUT2D eigenvalue weighted by molar-refractivity contribution is -0.274. The Labute approximate surface area is 98.5 Å². The summed E-state index contributed by atoms with van der Waals surface area (Å²) in [7, 11) is 0. The van der Waals surface area contributed by atoms with Crippen LogP contribution in [0.3, 0.4) is 0 Å². The third-order valence-electron chi connectivity index (χ3n) is 1.69. The van der Waals surface area contributed by atoms with Crippen LogP contribution in [0.2, 0.25) is 0 Å². The Kier molecular flexibility index (Phi) is 3.98. The van der Waals surface area contributed by atoms with Gasteiger partial charge in [-0.3, -0.25) is 0 Å². The molecular formula is C10H8BrF3O2. The Bertz CT molecular complexity index is 390. The van der Waals surface area contributed by atoms with E-state index in [2.05, 4.69) is 27.2 Å². The van der Waals surface area contributed by atoms with Crippen molar-refractivity contribution >= 4 is 15.9 Å². The van der Waals surface area contributed by atoms with Crippen molar-refractivity contribution in [3.05, 3.63) is 40.9 Å². The van der Waals surface area contributed by atoms with Gasteiger partial charge in [0.1, 0.15) is 5.75 Å². The molecule has 1 unspecified atom stereocenters. The Hall–Kier alpha value is -1.01. The molecule has 1 aromatic rings. The number of hydrogen-bond donors (Lipinski definition) is 1. The van der Waals surface area contributed by atoms with Crippen molar-refractivity contribution in [2.75, 3.05) is 0 Å². The zero-order valence-electron chi connectivity index (χ0n) is 7.96. The van der Waals surface area contributed by atoms with E-state index in [0.29, 0.717) is 4.47 Å². The first kappa shape index (κ1) is 13.1. The quantitative estimate of drug-likeness (QED) is 0.864. The average molecular weight is 297 g/mol. The monoisotopic (exact) mass is 296 g/mol. The molecule has 88 valence electrons. The minimum Gasteiger partial charge on any atom is -0.406 e. The number of benzene rings is 1. The molecule has 0 bridgehead atoms. The van der Waals surface area contributed by atoms with Gasteiger partial charge in [-0.2, -0.15) is 0 Å². The first-order valence-electron chi connectivity index (χ1n) is 4.18. The normalized spacial score (nSPS) is 13.3. The molecule has 0 amide bonds. The zero-order chi connectivity index (χ0) is 12.3. The highest BCUT2D eigenvalue weighted by Crippen LogP contribution is 2.29. The maximum Gasteiger partial charge on any atom is 0.573 e. The molecule has 6 heteroatoms. The third-order valence-corrected chi connectivity index (χ3v) is 2.15. The lowest BCUT2D eigenvalue weighted by atomic mass is 10.1. The second kappa shape index (κ2) is 4.88. The van der Waals surface area contributed by atoms with Gasteiger partial charge in [-0.1, -0.05) is 22.0 Å². The summed E-state index contributed by atoms with van der Waals surface area (Å²) in [6.45, 7) is 3.34. The molecule has 0 saturated carbocycles. The Balaban J connectivity index is 3.03. The van der Waals surface area contributed by atoms with Gasteiger partial charge in [0.2, 0.25) is 0 Å². The number of halogens is 4. The van der Waals surface area contributed by atoms with Gasteiger partial charge < -0.3 is 9.84 Å². The first-order valence-corrected chi connectivity index (χ1v) is 4.98. The maximum absolute atomic E-state index is 12.0. The number of ether oxygens (including phenoxy) is 1. The molecule has 1 N–H and O–H groups in total. The average Bonchev–Trinajstić information content (AvgIpc) is 2.12. The topological polar surface area (TPSA) is 29.5 Å². The van der Waals surface area contributed by atoms with Crippen molar-refractivity contribution in [2.24, 2.45) is 0 Å². The Morgan fingerprint density at radius 1 is 1.38 bits per heavy atom. The largest absolute Gasteiger partial charge is 0.573 e. The van der Waals surface area contributed by atoms with Crippen LogP contribution >= 0.6 is 15.9 Å². The number of alkyl halides is 3. The SMILES string of the molecule is C=CC(O)c1cc(Br)cc(OC(F)(F)F)c1. The smallest absolute Gasteiger partial charge is 0.406 e. The summed E-state index contributed by atoms with van der Waals surface area (Å²) < 4.78 is 40.0. The van der Waals surface area contributed by atoms with Crippen LogP contribution in [0.25, 0.3) is 0 Å². The van der Waals surface area contributed by atoms with Crippen LogP contribution in [0.4, 0.5) is 13.2 Å². The van der Waals surface area contributed by atoms with Crippen molar-refractivity contribution in [1.29, 1.82) is 0 Å². The molecule has 1 atom stereocenters. The van der Waals surface area contributed by atoms with E-state index in [-0.39, 0.29) is 5.56 Å². The van der Waals surface area contributed by atoms with Gasteiger partial charge in [0.25, 0.3) is 0 Å². The molecule has 0 aromatic heterocycles. The highest BCUT2D eigenvalue weighted by molar-refractivity contribution is 9.10. The molecule has 0 saturated heterocycles. The first-order chi connectivity index (χ1) is 7.31. The van der Waals surface area contributed by atoms with Crippen molar-refractivity contribution in [2.45, 2.75) is 12.5 Å². The van der Waals surface area contributed by atoms with Crippen LogP contribution in [0.5, 0.6) is 5.75 Å². The van der Waals surface area contributed by atoms with E-state index < -0.39 is 18.2 Å². The summed E-state index contributed by atoms with van der Waals surface area (Å²) in [5.74, 6) is -0.391. The molecule has 1 aromatic carbocycles. The molecule has 1 rings (SSSR count). The van der Waals surface area contributed by atoms with Gasteiger partial charge in [0.15, 0.2) is 0 Å². The van der Waals surface area contributed by atoms with Crippen LogP contribution in [0.15, 0.2) is 35.3 Å². The zero-order valence-corrected chi connectivity index (χ0v) is 9.55. The van der Waals surface area contributed by atoms with Gasteiger partial charge in [-0.15, -0.1) is 19.8 Å². The predicted molar refractivity (Wildman–Crippen MR) is 56.0 cm³/mol. The van der Waals surface area contributed by atoms with Gasteiger partial charge in [-0.05, 0) is 23.8 Å². The second-order valence-electron chi connectivity index (χ2n) is 2.95. The van der Waals surface area contributed by atoms with E-state index in [1.54, 1.807) is 0 Å². The third kappa shape index (κ3) is 3.86. The minimum absolute atomic E-state index is 0.267. The van der Waals surface area contributed by atoms with Crippen molar-refractivity contribution in [1.82, 2.24) is 0 Å². The molecule has 0 heterocycles. The molecule has 0 spiro atoms. The summed E-state index contributed by atoms with van der Waals surface area (Å²) in [4.78, 5) is 0. The van der Waals surface area contributed by atoms with Gasteiger partial charge in [0, 0.05) is 4.47 Å². The van der Waals surface area contributed by atoms with E-state index >= 15 is 0 Å². The highest BCUT2D eigenvalue weighted by atomic mass is 79.9. The van der Waals surface area contributed by atoms with Crippen LogP contribution in [-0.4, -0.2) is 11.5 Å². The second-order valence-corrected chi connectivity index (χ2v) is 3.86. The van der Waals surface area contributed by atoms with E-state index in [0.717, 1.165) is 12.1 Å². The predicted octanol–water partition coefficient (Wildman–Crippen LogP) is 3.57. The van der Waals surface area contributed by atoms with Crippen LogP contribution in [0.1, 0.15) is 11.7 Å². The van der Waals surface area contributed by atoms with E-state index in [1.807, 2.05) is 0 Å². The van der Waals surface area contributed by atoms with Gasteiger partial charge >= 0.3 is 6.36 Å². The minimum atomic E-state index is -4.75. The number of rotatable bonds is 3. The fourth-order valence-electron chi connectivity index (χ4n) is 1.08. The lowest BCUT2D eigenvalue weighted by Gasteiger charge is -2.12. The van der Waals surface area contributed by atoms with Crippen molar-refractivity contribution in [3.63, 3.8) is 0 Å². The summed E-state index contributed by atoms with van der Waals surface area (Å²) in [6, 6.07) is 3.74.